The molecular formula is C44H28B2O2S4. The van der Waals surface area contributed by atoms with Gasteiger partial charge in [-0.1, -0.05) is 147 Å². The molecule has 11 rings (SSSR count). The van der Waals surface area contributed by atoms with Crippen molar-refractivity contribution in [2.24, 2.45) is 0 Å². The molecule has 0 atom stereocenters. The SMILES string of the molecule is Cc1c2c(c(C)c3c1Sc1cc(Oc4ccccc4)cc4c1B3c1ccccc1S4)B1c3ccccc3Sc3cc(Oc4ccccc4)cc(c31)S2. The molecule has 4 aliphatic heterocycles. The zero-order valence-corrected chi connectivity index (χ0v) is 31.6. The second-order valence-corrected chi connectivity index (χ2v) is 17.9. The van der Waals surface area contributed by atoms with E-state index in [1.54, 1.807) is 0 Å². The van der Waals surface area contributed by atoms with Gasteiger partial charge in [0.1, 0.15) is 23.0 Å². The van der Waals surface area contributed by atoms with Crippen molar-refractivity contribution in [3.05, 3.63) is 145 Å². The van der Waals surface area contributed by atoms with Gasteiger partial charge in [0, 0.05) is 39.2 Å². The number of para-hydroxylation sites is 2. The van der Waals surface area contributed by atoms with Crippen LogP contribution in [0.1, 0.15) is 11.1 Å². The third-order valence-electron chi connectivity index (χ3n) is 10.6. The fraction of sp³-hybridized carbons (Fsp3) is 0.0455. The van der Waals surface area contributed by atoms with Crippen LogP contribution >= 0.6 is 47.0 Å². The molecular weight excluding hydrogens is 710 g/mol. The summed E-state index contributed by atoms with van der Waals surface area (Å²) in [7, 11) is 0. The molecule has 0 amide bonds. The fourth-order valence-corrected chi connectivity index (χ4v) is 13.7. The largest absolute Gasteiger partial charge is 0.457 e. The topological polar surface area (TPSA) is 18.5 Å². The van der Waals surface area contributed by atoms with Crippen LogP contribution in [-0.2, 0) is 0 Å². The van der Waals surface area contributed by atoms with Crippen molar-refractivity contribution in [2.45, 2.75) is 53.0 Å². The predicted molar refractivity (Wildman–Crippen MR) is 221 cm³/mol. The van der Waals surface area contributed by atoms with Crippen molar-refractivity contribution in [3.63, 3.8) is 0 Å². The predicted octanol–water partition coefficient (Wildman–Crippen LogP) is 8.78. The molecule has 246 valence electrons. The Morgan fingerprint density at radius 3 is 1.19 bits per heavy atom. The van der Waals surface area contributed by atoms with Crippen molar-refractivity contribution in [1.82, 2.24) is 0 Å². The van der Waals surface area contributed by atoms with Crippen molar-refractivity contribution >= 4 is 93.2 Å². The van der Waals surface area contributed by atoms with E-state index in [9.17, 15) is 0 Å². The van der Waals surface area contributed by atoms with Crippen LogP contribution in [0.25, 0.3) is 0 Å². The van der Waals surface area contributed by atoms with Crippen molar-refractivity contribution < 1.29 is 9.47 Å². The standard InChI is InChI=1S/C44H28B2O2S4/c1-25-39-43(51-37-23-29(47-27-13-5-3-6-14-27)21-35-41(37)45(39)31-17-9-11-19-33(31)49-35)26(2)44-40(25)46-32-18-10-12-20-34(32)50-36-22-30(24-38(52-44)42(36)46)48-28-15-7-4-8-16-28/h3-24H,1-2H3. The molecule has 0 bridgehead atoms. The van der Waals surface area contributed by atoms with Crippen LogP contribution in [0.4, 0.5) is 0 Å². The van der Waals surface area contributed by atoms with Crippen molar-refractivity contribution in [3.8, 4) is 23.0 Å². The summed E-state index contributed by atoms with van der Waals surface area (Å²) in [5.74, 6) is 3.47. The Balaban J connectivity index is 1.13. The highest BCUT2D eigenvalue weighted by atomic mass is 32.2. The maximum Gasteiger partial charge on any atom is 0.247 e. The van der Waals surface area contributed by atoms with Gasteiger partial charge in [0.25, 0.3) is 0 Å². The second-order valence-electron chi connectivity index (χ2n) is 13.6. The summed E-state index contributed by atoms with van der Waals surface area (Å²) in [6, 6.07) is 47.4. The molecule has 4 heterocycles. The highest BCUT2D eigenvalue weighted by Crippen LogP contribution is 2.47. The molecule has 7 aromatic rings. The summed E-state index contributed by atoms with van der Waals surface area (Å²) in [5.41, 5.74) is 11.3. The molecule has 0 N–H and O–H groups in total. The molecule has 0 aliphatic carbocycles. The normalized spacial score (nSPS) is 14.0. The van der Waals surface area contributed by atoms with E-state index >= 15 is 0 Å². The molecule has 7 aromatic carbocycles. The van der Waals surface area contributed by atoms with Crippen LogP contribution < -0.4 is 42.3 Å². The first-order valence-corrected chi connectivity index (χ1v) is 20.7. The number of hydrogen-bond donors (Lipinski definition) is 0. The summed E-state index contributed by atoms with van der Waals surface area (Å²) in [5, 5.41) is 0. The van der Waals surface area contributed by atoms with E-state index in [2.05, 4.69) is 86.6 Å². The summed E-state index contributed by atoms with van der Waals surface area (Å²) in [6.07, 6.45) is 0. The van der Waals surface area contributed by atoms with Gasteiger partial charge in [0.2, 0.25) is 13.4 Å². The van der Waals surface area contributed by atoms with Crippen LogP contribution in [0.3, 0.4) is 0 Å². The first kappa shape index (κ1) is 31.2. The Bertz CT molecular complexity index is 2450. The monoisotopic (exact) mass is 738 g/mol. The zero-order valence-electron chi connectivity index (χ0n) is 28.3. The maximum absolute atomic E-state index is 6.49. The van der Waals surface area contributed by atoms with Crippen LogP contribution in [0, 0.1) is 13.8 Å². The summed E-state index contributed by atoms with van der Waals surface area (Å²) < 4.78 is 13.0. The van der Waals surface area contributed by atoms with Gasteiger partial charge in [-0.25, -0.2) is 0 Å². The second kappa shape index (κ2) is 12.1. The van der Waals surface area contributed by atoms with Gasteiger partial charge in [0.05, 0.1) is 0 Å². The van der Waals surface area contributed by atoms with Gasteiger partial charge >= 0.3 is 0 Å². The number of benzene rings is 7. The Hall–Kier alpha value is -4.33. The quantitative estimate of drug-likeness (QED) is 0.167. The lowest BCUT2D eigenvalue weighted by atomic mass is 9.32. The van der Waals surface area contributed by atoms with Crippen LogP contribution in [0.15, 0.2) is 173 Å². The van der Waals surface area contributed by atoms with Gasteiger partial charge in [0.15, 0.2) is 0 Å². The van der Waals surface area contributed by atoms with Crippen molar-refractivity contribution in [1.29, 1.82) is 0 Å². The number of fused-ring (bicyclic) bond motifs is 8. The van der Waals surface area contributed by atoms with E-state index in [0.717, 1.165) is 23.0 Å². The highest BCUT2D eigenvalue weighted by molar-refractivity contribution is 8.02. The lowest BCUT2D eigenvalue weighted by molar-refractivity contribution is 0.480. The number of ether oxygens (including phenoxy) is 2. The molecule has 0 radical (unpaired) electrons. The van der Waals surface area contributed by atoms with Gasteiger partial charge < -0.3 is 9.47 Å². The summed E-state index contributed by atoms with van der Waals surface area (Å²) >= 11 is 7.60. The fourth-order valence-electron chi connectivity index (χ4n) is 8.37. The average molecular weight is 739 g/mol. The summed E-state index contributed by atoms with van der Waals surface area (Å²) in [6.45, 7) is 5.06. The number of rotatable bonds is 4. The van der Waals surface area contributed by atoms with E-state index in [4.69, 9.17) is 9.47 Å². The van der Waals surface area contributed by atoms with Gasteiger partial charge in [-0.15, -0.1) is 0 Å². The van der Waals surface area contributed by atoms with Crippen LogP contribution in [0.2, 0.25) is 0 Å². The minimum Gasteiger partial charge on any atom is -0.457 e. The van der Waals surface area contributed by atoms with E-state index in [-0.39, 0.29) is 13.4 Å². The molecule has 0 unspecified atom stereocenters. The molecule has 2 nitrogen and oxygen atoms in total. The van der Waals surface area contributed by atoms with Crippen molar-refractivity contribution in [2.75, 3.05) is 0 Å². The van der Waals surface area contributed by atoms with Crippen LogP contribution in [0.5, 0.6) is 23.0 Å². The minimum atomic E-state index is 0.147. The van der Waals surface area contributed by atoms with E-state index in [1.165, 1.54) is 83.1 Å². The van der Waals surface area contributed by atoms with Gasteiger partial charge in [-0.05, 0) is 91.0 Å². The number of hydrogen-bond acceptors (Lipinski definition) is 6. The average Bonchev–Trinajstić information content (AvgIpc) is 3.17. The Kier molecular flexibility index (Phi) is 7.27. The first-order valence-electron chi connectivity index (χ1n) is 17.5. The lowest BCUT2D eigenvalue weighted by Crippen LogP contribution is -2.64. The van der Waals surface area contributed by atoms with Gasteiger partial charge in [-0.3, -0.25) is 0 Å². The third-order valence-corrected chi connectivity index (χ3v) is 15.4. The molecule has 0 saturated heterocycles. The summed E-state index contributed by atoms with van der Waals surface area (Å²) in [4.78, 5) is 10.5. The lowest BCUT2D eigenvalue weighted by Gasteiger charge is -2.40. The molecule has 0 fully saturated rings. The van der Waals surface area contributed by atoms with Gasteiger partial charge in [-0.2, -0.15) is 0 Å². The smallest absolute Gasteiger partial charge is 0.247 e. The molecule has 52 heavy (non-hydrogen) atoms. The Morgan fingerprint density at radius 2 is 0.750 bits per heavy atom. The Morgan fingerprint density at radius 1 is 0.365 bits per heavy atom. The zero-order chi connectivity index (χ0) is 34.5. The molecule has 8 heteroatoms. The first-order chi connectivity index (χ1) is 25.6. The van der Waals surface area contributed by atoms with Crippen LogP contribution in [-0.4, -0.2) is 13.4 Å². The van der Waals surface area contributed by atoms with E-state index in [1.807, 2.05) is 108 Å². The Labute approximate surface area is 321 Å². The highest BCUT2D eigenvalue weighted by Gasteiger charge is 2.45. The molecule has 0 aromatic heterocycles. The molecule has 4 aliphatic rings. The van der Waals surface area contributed by atoms with E-state index in [0.29, 0.717) is 0 Å². The maximum atomic E-state index is 6.49. The third kappa shape index (κ3) is 4.81. The molecule has 0 saturated carbocycles. The molecule has 0 spiro atoms. The minimum absolute atomic E-state index is 0.147. The van der Waals surface area contributed by atoms with E-state index < -0.39 is 0 Å².